The SMILES string of the molecule is CC(N(C)S(=O)(=O)c1ccc(C(=O)O)o1)C(C)(C)C. The van der Waals surface area contributed by atoms with Crippen molar-refractivity contribution in [3.63, 3.8) is 0 Å². The van der Waals surface area contributed by atoms with Crippen molar-refractivity contribution < 1.29 is 22.7 Å². The fourth-order valence-electron chi connectivity index (χ4n) is 1.47. The van der Waals surface area contributed by atoms with E-state index >= 15 is 0 Å². The van der Waals surface area contributed by atoms with Crippen molar-refractivity contribution in [2.24, 2.45) is 5.41 Å². The van der Waals surface area contributed by atoms with E-state index < -0.39 is 21.8 Å². The fraction of sp³-hybridized carbons (Fsp3) is 0.583. The molecular formula is C12H19NO5S. The Balaban J connectivity index is 3.13. The second-order valence-electron chi connectivity index (χ2n) is 5.49. The van der Waals surface area contributed by atoms with Gasteiger partial charge in [0.2, 0.25) is 10.9 Å². The second-order valence-corrected chi connectivity index (χ2v) is 7.42. The van der Waals surface area contributed by atoms with Gasteiger partial charge in [0.15, 0.2) is 0 Å². The molecule has 1 aromatic rings. The van der Waals surface area contributed by atoms with Crippen LogP contribution in [0, 0.1) is 5.41 Å². The fourth-order valence-corrected chi connectivity index (χ4v) is 2.92. The molecule has 0 aliphatic carbocycles. The van der Waals surface area contributed by atoms with Gasteiger partial charge in [0.25, 0.3) is 10.0 Å². The molecule has 0 saturated heterocycles. The zero-order chi connectivity index (χ0) is 15.0. The molecule has 19 heavy (non-hydrogen) atoms. The Morgan fingerprint density at radius 2 is 1.89 bits per heavy atom. The van der Waals surface area contributed by atoms with E-state index in [0.717, 1.165) is 12.1 Å². The number of carbonyl (C=O) groups is 1. The quantitative estimate of drug-likeness (QED) is 0.916. The zero-order valence-corrected chi connectivity index (χ0v) is 12.5. The van der Waals surface area contributed by atoms with Gasteiger partial charge >= 0.3 is 5.97 Å². The number of carboxylic acid groups (broad SMARTS) is 1. The van der Waals surface area contributed by atoms with Crippen LogP contribution in [-0.2, 0) is 10.0 Å². The van der Waals surface area contributed by atoms with Crippen LogP contribution in [-0.4, -0.2) is 36.9 Å². The molecule has 6 nitrogen and oxygen atoms in total. The molecule has 1 N–H and O–H groups in total. The molecule has 1 rings (SSSR count). The van der Waals surface area contributed by atoms with E-state index in [-0.39, 0.29) is 16.5 Å². The molecule has 0 bridgehead atoms. The Hall–Kier alpha value is -1.34. The molecule has 0 aromatic carbocycles. The van der Waals surface area contributed by atoms with Crippen LogP contribution in [0.5, 0.6) is 0 Å². The Morgan fingerprint density at radius 3 is 2.26 bits per heavy atom. The third-order valence-corrected chi connectivity index (χ3v) is 5.03. The average molecular weight is 289 g/mol. The first-order valence-corrected chi connectivity index (χ1v) is 7.23. The molecule has 0 amide bonds. The smallest absolute Gasteiger partial charge is 0.371 e. The van der Waals surface area contributed by atoms with E-state index in [1.54, 1.807) is 6.92 Å². The van der Waals surface area contributed by atoms with Crippen LogP contribution in [0.15, 0.2) is 21.6 Å². The largest absolute Gasteiger partial charge is 0.475 e. The van der Waals surface area contributed by atoms with Gasteiger partial charge in [-0.3, -0.25) is 0 Å². The number of furan rings is 1. The van der Waals surface area contributed by atoms with Gasteiger partial charge < -0.3 is 9.52 Å². The summed E-state index contributed by atoms with van der Waals surface area (Å²) in [6.07, 6.45) is 0. The van der Waals surface area contributed by atoms with Gasteiger partial charge in [-0.15, -0.1) is 0 Å². The highest BCUT2D eigenvalue weighted by atomic mass is 32.2. The summed E-state index contributed by atoms with van der Waals surface area (Å²) in [5, 5.41) is 8.38. The predicted octanol–water partition coefficient (Wildman–Crippen LogP) is 2.03. The lowest BCUT2D eigenvalue weighted by Gasteiger charge is -2.33. The molecule has 0 spiro atoms. The maximum Gasteiger partial charge on any atom is 0.371 e. The molecule has 7 heteroatoms. The molecule has 0 saturated carbocycles. The minimum absolute atomic E-state index is 0.246. The molecule has 0 aliphatic heterocycles. The number of sulfonamides is 1. The Morgan fingerprint density at radius 1 is 1.37 bits per heavy atom. The summed E-state index contributed by atoms with van der Waals surface area (Å²) in [4.78, 5) is 10.7. The van der Waals surface area contributed by atoms with Gasteiger partial charge in [-0.2, -0.15) is 4.31 Å². The van der Waals surface area contributed by atoms with Crippen LogP contribution in [0.2, 0.25) is 0 Å². The maximum atomic E-state index is 12.3. The maximum absolute atomic E-state index is 12.3. The van der Waals surface area contributed by atoms with E-state index in [0.29, 0.717) is 0 Å². The van der Waals surface area contributed by atoms with Crippen molar-refractivity contribution in [3.8, 4) is 0 Å². The normalized spacial score (nSPS) is 14.6. The van der Waals surface area contributed by atoms with Crippen molar-refractivity contribution in [1.29, 1.82) is 0 Å². The number of rotatable bonds is 4. The number of aromatic carboxylic acids is 1. The van der Waals surface area contributed by atoms with Crippen molar-refractivity contribution in [2.75, 3.05) is 7.05 Å². The molecule has 1 aromatic heterocycles. The molecule has 0 radical (unpaired) electrons. The van der Waals surface area contributed by atoms with E-state index in [1.165, 1.54) is 11.4 Å². The second kappa shape index (κ2) is 4.97. The van der Waals surface area contributed by atoms with E-state index in [1.807, 2.05) is 20.8 Å². The topological polar surface area (TPSA) is 87.8 Å². The summed E-state index contributed by atoms with van der Waals surface area (Å²) in [5.41, 5.74) is -0.246. The highest BCUT2D eigenvalue weighted by Crippen LogP contribution is 2.28. The minimum Gasteiger partial charge on any atom is -0.475 e. The first kappa shape index (κ1) is 15.7. The average Bonchev–Trinajstić information content (AvgIpc) is 2.75. The van der Waals surface area contributed by atoms with Gasteiger partial charge in [-0.05, 0) is 24.5 Å². The van der Waals surface area contributed by atoms with E-state index in [2.05, 4.69) is 0 Å². The third kappa shape index (κ3) is 3.16. The Labute approximate surface area is 113 Å². The number of hydrogen-bond acceptors (Lipinski definition) is 4. The molecular weight excluding hydrogens is 270 g/mol. The van der Waals surface area contributed by atoms with Gasteiger partial charge in [0, 0.05) is 13.1 Å². The van der Waals surface area contributed by atoms with Crippen LogP contribution in [0.4, 0.5) is 0 Å². The molecule has 0 fully saturated rings. The summed E-state index contributed by atoms with van der Waals surface area (Å²) in [5.74, 6) is -1.69. The number of carboxylic acids is 1. The lowest BCUT2D eigenvalue weighted by molar-refractivity contribution is 0.0656. The molecule has 108 valence electrons. The summed E-state index contributed by atoms with van der Waals surface area (Å²) >= 11 is 0. The van der Waals surface area contributed by atoms with Gasteiger partial charge in [-0.25, -0.2) is 13.2 Å². The van der Waals surface area contributed by atoms with Crippen LogP contribution in [0.1, 0.15) is 38.2 Å². The van der Waals surface area contributed by atoms with Crippen molar-refractivity contribution in [1.82, 2.24) is 4.31 Å². The zero-order valence-electron chi connectivity index (χ0n) is 11.7. The molecule has 1 atom stereocenters. The monoisotopic (exact) mass is 289 g/mol. The van der Waals surface area contributed by atoms with Crippen LogP contribution in [0.3, 0.4) is 0 Å². The first-order chi connectivity index (χ1) is 8.48. The van der Waals surface area contributed by atoms with Crippen LogP contribution in [0.25, 0.3) is 0 Å². The summed E-state index contributed by atoms with van der Waals surface area (Å²) in [6.45, 7) is 7.57. The highest BCUT2D eigenvalue weighted by Gasteiger charge is 2.34. The van der Waals surface area contributed by atoms with E-state index in [9.17, 15) is 13.2 Å². The first-order valence-electron chi connectivity index (χ1n) is 5.79. The lowest BCUT2D eigenvalue weighted by atomic mass is 9.88. The van der Waals surface area contributed by atoms with Crippen LogP contribution >= 0.6 is 0 Å². The summed E-state index contributed by atoms with van der Waals surface area (Å²) < 4.78 is 30.6. The summed E-state index contributed by atoms with van der Waals surface area (Å²) in [6, 6.07) is 2.02. The van der Waals surface area contributed by atoms with Gasteiger partial charge in [0.1, 0.15) is 0 Å². The lowest BCUT2D eigenvalue weighted by Crippen LogP contribution is -2.42. The number of nitrogens with zero attached hydrogens (tertiary/aromatic N) is 1. The summed E-state index contributed by atoms with van der Waals surface area (Å²) in [7, 11) is -2.38. The Kier molecular flexibility index (Phi) is 4.11. The van der Waals surface area contributed by atoms with Crippen molar-refractivity contribution in [2.45, 2.75) is 38.8 Å². The van der Waals surface area contributed by atoms with Crippen molar-refractivity contribution in [3.05, 3.63) is 17.9 Å². The number of hydrogen-bond donors (Lipinski definition) is 1. The van der Waals surface area contributed by atoms with Crippen LogP contribution < -0.4 is 0 Å². The van der Waals surface area contributed by atoms with Gasteiger partial charge in [-0.1, -0.05) is 20.8 Å². The van der Waals surface area contributed by atoms with Crippen molar-refractivity contribution >= 4 is 16.0 Å². The van der Waals surface area contributed by atoms with Gasteiger partial charge in [0.05, 0.1) is 0 Å². The molecule has 1 unspecified atom stereocenters. The Bertz CT molecular complexity index is 567. The minimum atomic E-state index is -3.83. The standard InChI is InChI=1S/C12H19NO5S/c1-8(12(2,3)4)13(5)19(16,17)10-7-6-9(18-10)11(14)15/h6-8H,1-5H3,(H,14,15). The predicted molar refractivity (Wildman–Crippen MR) is 69.5 cm³/mol. The molecule has 0 aliphatic rings. The molecule has 1 heterocycles. The third-order valence-electron chi connectivity index (χ3n) is 3.22. The van der Waals surface area contributed by atoms with E-state index in [4.69, 9.17) is 9.52 Å². The highest BCUT2D eigenvalue weighted by molar-refractivity contribution is 7.89.